The van der Waals surface area contributed by atoms with Gasteiger partial charge in [-0.05, 0) is 53.9 Å². The second-order valence-corrected chi connectivity index (χ2v) is 8.31. The average molecular weight is 423 g/mol. The number of amides is 1. The van der Waals surface area contributed by atoms with Crippen LogP contribution in [0.15, 0.2) is 65.7 Å². The Bertz CT molecular complexity index is 1190. The number of phenols is 1. The molecule has 0 saturated carbocycles. The van der Waals surface area contributed by atoms with Gasteiger partial charge in [-0.3, -0.25) is 9.52 Å². The van der Waals surface area contributed by atoms with Crippen LogP contribution in [0, 0.1) is 6.92 Å². The molecule has 8 heteroatoms. The van der Waals surface area contributed by atoms with E-state index in [1.165, 1.54) is 31.3 Å². The van der Waals surface area contributed by atoms with Crippen LogP contribution >= 0.6 is 0 Å². The first-order valence-corrected chi connectivity index (χ1v) is 10.6. The molecule has 2 aromatic carbocycles. The maximum absolute atomic E-state index is 12.5. The minimum absolute atomic E-state index is 0.0888. The zero-order chi connectivity index (χ0) is 21.7. The number of hydrogen-bond acceptors (Lipinski definition) is 5. The molecular formula is C22H21N3O4S. The molecule has 0 bridgehead atoms. The highest BCUT2D eigenvalue weighted by molar-refractivity contribution is 7.92. The summed E-state index contributed by atoms with van der Waals surface area (Å²) in [6, 6.07) is 14.6. The van der Waals surface area contributed by atoms with E-state index in [2.05, 4.69) is 15.0 Å². The Kier molecular flexibility index (Phi) is 6.17. The Morgan fingerprint density at radius 2 is 1.80 bits per heavy atom. The van der Waals surface area contributed by atoms with Crippen molar-refractivity contribution < 1.29 is 18.3 Å². The van der Waals surface area contributed by atoms with Crippen molar-refractivity contribution in [2.75, 3.05) is 10.0 Å². The van der Waals surface area contributed by atoms with Crippen LogP contribution in [0.4, 0.5) is 11.5 Å². The predicted octanol–water partition coefficient (Wildman–Crippen LogP) is 4.03. The van der Waals surface area contributed by atoms with Crippen molar-refractivity contribution >= 4 is 39.6 Å². The number of hydrogen-bond donors (Lipinski definition) is 3. The summed E-state index contributed by atoms with van der Waals surface area (Å²) in [7, 11) is -3.74. The number of nitrogens with one attached hydrogen (secondary N) is 2. The minimum Gasteiger partial charge on any atom is -0.508 e. The summed E-state index contributed by atoms with van der Waals surface area (Å²) in [6.07, 6.45) is 5.08. The summed E-state index contributed by atoms with van der Waals surface area (Å²) < 4.78 is 27.4. The number of aryl methyl sites for hydroxylation is 1. The molecule has 1 amide bonds. The highest BCUT2D eigenvalue weighted by Crippen LogP contribution is 2.27. The molecule has 1 aromatic heterocycles. The number of pyridine rings is 1. The quantitative estimate of drug-likeness (QED) is 0.519. The molecule has 0 saturated heterocycles. The fourth-order valence-electron chi connectivity index (χ4n) is 2.72. The maximum Gasteiger partial charge on any atom is 0.263 e. The second-order valence-electron chi connectivity index (χ2n) is 6.63. The topological polar surface area (TPSA) is 108 Å². The summed E-state index contributed by atoms with van der Waals surface area (Å²) in [6.45, 7) is 3.15. The van der Waals surface area contributed by atoms with E-state index in [1.54, 1.807) is 55.5 Å². The zero-order valence-corrected chi connectivity index (χ0v) is 17.3. The predicted molar refractivity (Wildman–Crippen MR) is 118 cm³/mol. The summed E-state index contributed by atoms with van der Waals surface area (Å²) >= 11 is 0. The molecule has 7 nitrogen and oxygen atoms in total. The number of anilines is 2. The van der Waals surface area contributed by atoms with Crippen LogP contribution < -0.4 is 10.0 Å². The Hall–Kier alpha value is -3.65. The summed E-state index contributed by atoms with van der Waals surface area (Å²) in [5, 5.41) is 12.6. The van der Waals surface area contributed by atoms with Crippen LogP contribution in [-0.2, 0) is 14.8 Å². The zero-order valence-electron chi connectivity index (χ0n) is 16.5. The molecule has 30 heavy (non-hydrogen) atoms. The molecule has 0 spiro atoms. The van der Waals surface area contributed by atoms with Crippen molar-refractivity contribution in [3.05, 3.63) is 77.5 Å². The lowest BCUT2D eigenvalue weighted by molar-refractivity contribution is -0.114. The number of rotatable bonds is 6. The summed E-state index contributed by atoms with van der Waals surface area (Å²) in [5.41, 5.74) is 2.65. The molecule has 0 aliphatic rings. The summed E-state index contributed by atoms with van der Waals surface area (Å²) in [5.74, 6) is 0.0865. The van der Waals surface area contributed by atoms with E-state index in [-0.39, 0.29) is 22.4 Å². The van der Waals surface area contributed by atoms with Gasteiger partial charge in [-0.15, -0.1) is 0 Å². The molecule has 3 N–H and O–H groups in total. The van der Waals surface area contributed by atoms with Crippen molar-refractivity contribution in [1.29, 1.82) is 0 Å². The Balaban J connectivity index is 1.81. The lowest BCUT2D eigenvalue weighted by Gasteiger charge is -2.10. The fraction of sp³-hybridized carbons (Fsp3) is 0.0909. The van der Waals surface area contributed by atoms with Gasteiger partial charge >= 0.3 is 0 Å². The lowest BCUT2D eigenvalue weighted by Crippen LogP contribution is -2.13. The fourth-order valence-corrected chi connectivity index (χ4v) is 3.73. The molecule has 0 aliphatic heterocycles. The highest BCUT2D eigenvalue weighted by atomic mass is 32.2. The molecular weight excluding hydrogens is 402 g/mol. The normalized spacial score (nSPS) is 11.4. The highest BCUT2D eigenvalue weighted by Gasteiger charge is 2.14. The standard InChI is InChI=1S/C22H21N3O4S/c1-15-13-18(20(14-21(15)27)24-16(2)26)9-6-17-7-10-19(11-8-17)30(28,29)25-22-5-3-4-12-23-22/h3-14,27H,1-2H3,(H,23,25)(H,24,26)/b9-6+. The van der Waals surface area contributed by atoms with E-state index in [1.807, 2.05) is 0 Å². The van der Waals surface area contributed by atoms with E-state index in [9.17, 15) is 18.3 Å². The van der Waals surface area contributed by atoms with Crippen LogP contribution in [0.5, 0.6) is 5.75 Å². The lowest BCUT2D eigenvalue weighted by atomic mass is 10.1. The molecule has 3 aromatic rings. The Morgan fingerprint density at radius 3 is 2.43 bits per heavy atom. The summed E-state index contributed by atoms with van der Waals surface area (Å²) in [4.78, 5) is 15.5. The smallest absolute Gasteiger partial charge is 0.263 e. The van der Waals surface area contributed by atoms with Crippen LogP contribution in [0.1, 0.15) is 23.6 Å². The van der Waals surface area contributed by atoms with Gasteiger partial charge in [0, 0.05) is 19.2 Å². The Morgan fingerprint density at radius 1 is 1.07 bits per heavy atom. The molecule has 0 atom stereocenters. The van der Waals surface area contributed by atoms with Gasteiger partial charge in [-0.2, -0.15) is 0 Å². The van der Waals surface area contributed by atoms with Gasteiger partial charge in [0.1, 0.15) is 11.6 Å². The van der Waals surface area contributed by atoms with Gasteiger partial charge in [-0.1, -0.05) is 30.4 Å². The third-order valence-electron chi connectivity index (χ3n) is 4.23. The minimum atomic E-state index is -3.74. The van der Waals surface area contributed by atoms with Crippen molar-refractivity contribution in [3.63, 3.8) is 0 Å². The third-order valence-corrected chi connectivity index (χ3v) is 5.60. The number of sulfonamides is 1. The van der Waals surface area contributed by atoms with Gasteiger partial charge in [0.25, 0.3) is 10.0 Å². The SMILES string of the molecule is CC(=O)Nc1cc(O)c(C)cc1/C=C/c1ccc(S(=O)(=O)Nc2ccccn2)cc1. The molecule has 0 aliphatic carbocycles. The first kappa shape index (κ1) is 21.1. The van der Waals surface area contributed by atoms with E-state index in [0.29, 0.717) is 16.8 Å². The van der Waals surface area contributed by atoms with Crippen LogP contribution in [-0.4, -0.2) is 24.4 Å². The van der Waals surface area contributed by atoms with Crippen molar-refractivity contribution in [2.45, 2.75) is 18.7 Å². The van der Waals surface area contributed by atoms with Gasteiger partial charge in [0.15, 0.2) is 0 Å². The van der Waals surface area contributed by atoms with Crippen LogP contribution in [0.2, 0.25) is 0 Å². The first-order valence-electron chi connectivity index (χ1n) is 9.08. The molecule has 3 rings (SSSR count). The van der Waals surface area contributed by atoms with E-state index < -0.39 is 10.0 Å². The molecule has 1 heterocycles. The number of carbonyl (C=O) groups is 1. The van der Waals surface area contributed by atoms with E-state index in [0.717, 1.165) is 5.56 Å². The van der Waals surface area contributed by atoms with Gasteiger partial charge in [0.2, 0.25) is 5.91 Å². The van der Waals surface area contributed by atoms with Crippen molar-refractivity contribution in [2.24, 2.45) is 0 Å². The third kappa shape index (κ3) is 5.24. The van der Waals surface area contributed by atoms with E-state index in [4.69, 9.17) is 0 Å². The number of nitrogens with zero attached hydrogens (tertiary/aromatic N) is 1. The van der Waals surface area contributed by atoms with Crippen LogP contribution in [0.25, 0.3) is 12.2 Å². The number of aromatic nitrogens is 1. The van der Waals surface area contributed by atoms with E-state index >= 15 is 0 Å². The first-order chi connectivity index (χ1) is 14.2. The van der Waals surface area contributed by atoms with Crippen LogP contribution in [0.3, 0.4) is 0 Å². The number of carbonyl (C=O) groups excluding carboxylic acids is 1. The second kappa shape index (κ2) is 8.79. The van der Waals surface area contributed by atoms with Gasteiger partial charge in [-0.25, -0.2) is 13.4 Å². The average Bonchev–Trinajstić information content (AvgIpc) is 2.70. The molecule has 0 fully saturated rings. The number of benzene rings is 2. The van der Waals surface area contributed by atoms with Gasteiger partial charge in [0.05, 0.1) is 10.6 Å². The number of aromatic hydroxyl groups is 1. The number of phenolic OH excluding ortho intramolecular Hbond substituents is 1. The molecule has 154 valence electrons. The molecule has 0 radical (unpaired) electrons. The van der Waals surface area contributed by atoms with Crippen molar-refractivity contribution in [1.82, 2.24) is 4.98 Å². The van der Waals surface area contributed by atoms with Crippen molar-refractivity contribution in [3.8, 4) is 5.75 Å². The Labute approximate surface area is 175 Å². The largest absolute Gasteiger partial charge is 0.508 e. The maximum atomic E-state index is 12.5. The monoisotopic (exact) mass is 423 g/mol. The van der Waals surface area contributed by atoms with Gasteiger partial charge < -0.3 is 10.4 Å². The molecule has 0 unspecified atom stereocenters.